The van der Waals surface area contributed by atoms with Crippen LogP contribution in [0.25, 0.3) is 0 Å². The molecule has 0 aromatic heterocycles. The fourth-order valence-corrected chi connectivity index (χ4v) is 5.27. The van der Waals surface area contributed by atoms with Gasteiger partial charge in [0.05, 0.1) is 6.04 Å². The second-order valence-corrected chi connectivity index (χ2v) is 10.8. The Morgan fingerprint density at radius 3 is 2.33 bits per heavy atom. The van der Waals surface area contributed by atoms with Crippen LogP contribution in [0.5, 0.6) is 5.75 Å². The first-order valence-corrected chi connectivity index (χ1v) is 14.2. The second kappa shape index (κ2) is 13.0. The minimum absolute atomic E-state index is 0.0202. The lowest BCUT2D eigenvalue weighted by Crippen LogP contribution is -2.48. The predicted octanol–water partition coefficient (Wildman–Crippen LogP) is 4.60. The fourth-order valence-electron chi connectivity index (χ4n) is 4.87. The van der Waals surface area contributed by atoms with E-state index in [1.807, 2.05) is 13.0 Å². The van der Waals surface area contributed by atoms with Crippen molar-refractivity contribution in [3.8, 4) is 5.75 Å². The third kappa shape index (κ3) is 9.08. The zero-order valence-electron chi connectivity index (χ0n) is 21.0. The summed E-state index contributed by atoms with van der Waals surface area (Å²) < 4.78 is 15.6. The highest BCUT2D eigenvalue weighted by Crippen LogP contribution is 2.37. The van der Waals surface area contributed by atoms with Gasteiger partial charge in [-0.2, -0.15) is 0 Å². The van der Waals surface area contributed by atoms with E-state index in [2.05, 4.69) is 33.4 Å². The van der Waals surface area contributed by atoms with Crippen LogP contribution in [0.3, 0.4) is 0 Å². The molecule has 1 fully saturated rings. The van der Waals surface area contributed by atoms with E-state index >= 15 is 0 Å². The van der Waals surface area contributed by atoms with E-state index in [0.29, 0.717) is 12.0 Å². The van der Waals surface area contributed by atoms with Gasteiger partial charge in [-0.15, -0.1) is 0 Å². The van der Waals surface area contributed by atoms with Gasteiger partial charge in [-0.3, -0.25) is 19.4 Å². The van der Waals surface area contributed by atoms with Gasteiger partial charge in [0.1, 0.15) is 11.8 Å². The summed E-state index contributed by atoms with van der Waals surface area (Å²) >= 11 is 0. The highest BCUT2D eigenvalue weighted by Gasteiger charge is 2.24. The normalized spacial score (nSPS) is 16.1. The molecule has 2 aromatic carbocycles. The Morgan fingerprint density at radius 2 is 1.72 bits per heavy atom. The van der Waals surface area contributed by atoms with E-state index in [4.69, 9.17) is 9.79 Å². The van der Waals surface area contributed by atoms with E-state index in [-0.39, 0.29) is 30.0 Å². The van der Waals surface area contributed by atoms with Gasteiger partial charge >= 0.3 is 7.82 Å². The van der Waals surface area contributed by atoms with Crippen molar-refractivity contribution in [3.05, 3.63) is 65.2 Å². The topological polar surface area (TPSA) is 125 Å². The Hall–Kier alpha value is -2.67. The Bertz CT molecular complexity index is 1060. The number of amides is 2. The smallest absolute Gasteiger partial charge is 0.404 e. The molecule has 0 aliphatic heterocycles. The Balaban J connectivity index is 1.68. The largest absolute Gasteiger partial charge is 0.524 e. The molecule has 0 saturated heterocycles. The zero-order valence-corrected chi connectivity index (χ0v) is 21.9. The third-order valence-corrected chi connectivity index (χ3v) is 7.06. The number of carbonyl (C=O) groups is 2. The van der Waals surface area contributed by atoms with Crippen LogP contribution in [-0.4, -0.2) is 27.6 Å². The average Bonchev–Trinajstić information content (AvgIpc) is 2.83. The molecule has 2 amide bonds. The van der Waals surface area contributed by atoms with Crippen molar-refractivity contribution in [1.29, 1.82) is 0 Å². The first kappa shape index (κ1) is 27.9. The van der Waals surface area contributed by atoms with Crippen LogP contribution in [0.1, 0.15) is 75.1 Å². The molecule has 1 aliphatic carbocycles. The van der Waals surface area contributed by atoms with Crippen LogP contribution in [0.4, 0.5) is 0 Å². The number of hydrogen-bond donors (Lipinski definition) is 4. The van der Waals surface area contributed by atoms with Gasteiger partial charge in [0, 0.05) is 13.3 Å². The van der Waals surface area contributed by atoms with Crippen molar-refractivity contribution in [2.45, 2.75) is 77.3 Å². The summed E-state index contributed by atoms with van der Waals surface area (Å²) in [4.78, 5) is 42.9. The van der Waals surface area contributed by atoms with Crippen molar-refractivity contribution in [3.63, 3.8) is 0 Å². The van der Waals surface area contributed by atoms with Crippen LogP contribution in [0.15, 0.2) is 48.5 Å². The van der Waals surface area contributed by atoms with Crippen molar-refractivity contribution in [2.75, 3.05) is 0 Å². The molecular formula is C27H37N2O6P. The maximum absolute atomic E-state index is 13.2. The number of rotatable bonds is 11. The first-order valence-electron chi connectivity index (χ1n) is 12.6. The lowest BCUT2D eigenvalue weighted by Gasteiger charge is -2.24. The number of benzene rings is 2. The molecule has 1 saturated carbocycles. The molecule has 36 heavy (non-hydrogen) atoms. The number of phosphoric acid groups is 1. The number of hydrogen-bond acceptors (Lipinski definition) is 4. The third-order valence-electron chi connectivity index (χ3n) is 6.61. The standard InChI is InChI=1S/C27H37N2O6P/c1-3-25(23-11-7-10-22(17-23)16-20-8-5-4-6-9-20)29-27(31)26(28-19(2)30)18-21-12-14-24(15-13-21)35-36(32,33)34/h7,10-15,17,20,25-26H,3-6,8-9,16,18H2,1-2H3,(H,28,30)(H,29,31)(H2,32,33,34)/t25?,26-/m0/s1. The van der Waals surface area contributed by atoms with Gasteiger partial charge < -0.3 is 15.2 Å². The fraction of sp³-hybridized carbons (Fsp3) is 0.481. The van der Waals surface area contributed by atoms with Gasteiger partial charge in [-0.25, -0.2) is 4.57 Å². The molecular weight excluding hydrogens is 479 g/mol. The molecule has 0 heterocycles. The maximum atomic E-state index is 13.2. The Morgan fingerprint density at radius 1 is 1.03 bits per heavy atom. The van der Waals surface area contributed by atoms with E-state index in [1.54, 1.807) is 12.1 Å². The highest BCUT2D eigenvalue weighted by molar-refractivity contribution is 7.46. The summed E-state index contributed by atoms with van der Waals surface area (Å²) in [6.07, 6.45) is 8.51. The minimum atomic E-state index is -4.65. The molecule has 2 aromatic rings. The van der Waals surface area contributed by atoms with Gasteiger partial charge in [-0.05, 0) is 47.6 Å². The lowest BCUT2D eigenvalue weighted by atomic mass is 9.84. The molecule has 3 rings (SSSR count). The number of nitrogens with one attached hydrogen (secondary N) is 2. The monoisotopic (exact) mass is 516 g/mol. The summed E-state index contributed by atoms with van der Waals surface area (Å²) in [7, 11) is -4.65. The van der Waals surface area contributed by atoms with Gasteiger partial charge in [0.25, 0.3) is 0 Å². The van der Waals surface area contributed by atoms with Crippen molar-refractivity contribution >= 4 is 19.6 Å². The maximum Gasteiger partial charge on any atom is 0.524 e. The van der Waals surface area contributed by atoms with E-state index < -0.39 is 13.9 Å². The molecule has 0 bridgehead atoms. The van der Waals surface area contributed by atoms with Crippen LogP contribution in [0.2, 0.25) is 0 Å². The van der Waals surface area contributed by atoms with Crippen molar-refractivity contribution < 1.29 is 28.5 Å². The summed E-state index contributed by atoms with van der Waals surface area (Å²) in [6.45, 7) is 3.38. The van der Waals surface area contributed by atoms with E-state index in [9.17, 15) is 14.2 Å². The summed E-state index contributed by atoms with van der Waals surface area (Å²) in [5.41, 5.74) is 3.06. The summed E-state index contributed by atoms with van der Waals surface area (Å²) in [5, 5.41) is 5.82. The van der Waals surface area contributed by atoms with Crippen LogP contribution >= 0.6 is 7.82 Å². The molecule has 1 aliphatic rings. The van der Waals surface area contributed by atoms with Crippen LogP contribution < -0.4 is 15.2 Å². The number of carbonyl (C=O) groups excluding carboxylic acids is 2. The molecule has 0 radical (unpaired) electrons. The minimum Gasteiger partial charge on any atom is -0.404 e. The molecule has 196 valence electrons. The van der Waals surface area contributed by atoms with E-state index in [0.717, 1.165) is 17.9 Å². The quantitative estimate of drug-likeness (QED) is 0.324. The van der Waals surface area contributed by atoms with Gasteiger partial charge in [0.15, 0.2) is 0 Å². The molecule has 4 N–H and O–H groups in total. The summed E-state index contributed by atoms with van der Waals surface area (Å²) in [6, 6.07) is 13.5. The second-order valence-electron chi connectivity index (χ2n) is 9.61. The molecule has 0 spiro atoms. The molecule has 9 heteroatoms. The van der Waals surface area contributed by atoms with Crippen LogP contribution in [-0.2, 0) is 27.0 Å². The number of phosphoric ester groups is 1. The van der Waals surface area contributed by atoms with Gasteiger partial charge in [-0.1, -0.05) is 75.4 Å². The lowest BCUT2D eigenvalue weighted by molar-refractivity contribution is -0.128. The first-order chi connectivity index (χ1) is 17.1. The average molecular weight is 517 g/mol. The van der Waals surface area contributed by atoms with Crippen LogP contribution in [0, 0.1) is 5.92 Å². The molecule has 8 nitrogen and oxygen atoms in total. The Labute approximate surface area is 213 Å². The molecule has 2 atom stereocenters. The molecule has 1 unspecified atom stereocenters. The van der Waals surface area contributed by atoms with Crippen molar-refractivity contribution in [2.24, 2.45) is 5.92 Å². The van der Waals surface area contributed by atoms with E-state index in [1.165, 1.54) is 56.7 Å². The SMILES string of the molecule is CCC(NC(=O)[C@H](Cc1ccc(OP(=O)(O)O)cc1)NC(C)=O)c1cccc(CC2CCCCC2)c1. The van der Waals surface area contributed by atoms with Gasteiger partial charge in [0.2, 0.25) is 11.8 Å². The summed E-state index contributed by atoms with van der Waals surface area (Å²) in [5.74, 6) is 0.141. The predicted molar refractivity (Wildman–Crippen MR) is 138 cm³/mol. The highest BCUT2D eigenvalue weighted by atomic mass is 31.2. The Kier molecular flexibility index (Phi) is 10.1. The van der Waals surface area contributed by atoms with Crippen molar-refractivity contribution in [1.82, 2.24) is 10.6 Å². The zero-order chi connectivity index (χ0) is 26.1.